The van der Waals surface area contributed by atoms with Gasteiger partial charge in [-0.1, -0.05) is 17.4 Å². The number of anilines is 2. The second-order valence-corrected chi connectivity index (χ2v) is 8.90. The first kappa shape index (κ1) is 24.0. The van der Waals surface area contributed by atoms with Gasteiger partial charge in [0.15, 0.2) is 5.13 Å². The minimum absolute atomic E-state index is 0.0544. The standard InChI is InChI=1S/C25H24N6O3S/c1-4-26-24(34)31-25-30-21-11-18(16-5-7-19(27-12-16)9-14(2)32)10-20(23(21)35-25)17-6-8-22(28-13-17)29-15(3)33/h5-8,10-13H,4,9H2,1-3H3,(H,28,29,33)(H2,26,30,31,34). The van der Waals surface area contributed by atoms with E-state index < -0.39 is 0 Å². The molecule has 0 unspecified atom stereocenters. The van der Waals surface area contributed by atoms with Crippen molar-refractivity contribution in [2.45, 2.75) is 27.2 Å². The zero-order chi connectivity index (χ0) is 24.9. The van der Waals surface area contributed by atoms with Crippen molar-refractivity contribution >= 4 is 50.2 Å². The van der Waals surface area contributed by atoms with Gasteiger partial charge in [-0.05, 0) is 49.7 Å². The van der Waals surface area contributed by atoms with Gasteiger partial charge in [-0.15, -0.1) is 0 Å². The maximum atomic E-state index is 12.0. The van der Waals surface area contributed by atoms with Crippen molar-refractivity contribution in [3.63, 3.8) is 0 Å². The second kappa shape index (κ2) is 10.4. The smallest absolute Gasteiger partial charge is 0.321 e. The van der Waals surface area contributed by atoms with Gasteiger partial charge >= 0.3 is 6.03 Å². The molecule has 10 heteroatoms. The van der Waals surface area contributed by atoms with Gasteiger partial charge < -0.3 is 10.6 Å². The van der Waals surface area contributed by atoms with Crippen molar-refractivity contribution in [2.75, 3.05) is 17.2 Å². The summed E-state index contributed by atoms with van der Waals surface area (Å²) in [5, 5.41) is 8.62. The van der Waals surface area contributed by atoms with Crippen LogP contribution in [-0.2, 0) is 16.0 Å². The highest BCUT2D eigenvalue weighted by molar-refractivity contribution is 7.22. The van der Waals surface area contributed by atoms with Crippen LogP contribution >= 0.6 is 11.3 Å². The van der Waals surface area contributed by atoms with Crippen molar-refractivity contribution in [3.8, 4) is 22.3 Å². The van der Waals surface area contributed by atoms with Gasteiger partial charge in [0.05, 0.1) is 10.2 Å². The van der Waals surface area contributed by atoms with Gasteiger partial charge in [-0.25, -0.2) is 14.8 Å². The Morgan fingerprint density at radius 3 is 2.31 bits per heavy atom. The quantitative estimate of drug-likeness (QED) is 0.348. The zero-order valence-corrected chi connectivity index (χ0v) is 20.3. The van der Waals surface area contributed by atoms with E-state index in [9.17, 15) is 14.4 Å². The van der Waals surface area contributed by atoms with Gasteiger partial charge in [-0.2, -0.15) is 0 Å². The van der Waals surface area contributed by atoms with E-state index in [0.717, 1.165) is 27.0 Å². The van der Waals surface area contributed by atoms with Crippen LogP contribution in [0.4, 0.5) is 15.7 Å². The lowest BCUT2D eigenvalue weighted by Gasteiger charge is -2.09. The van der Waals surface area contributed by atoms with Crippen molar-refractivity contribution in [2.24, 2.45) is 0 Å². The lowest BCUT2D eigenvalue weighted by molar-refractivity contribution is -0.116. The first-order valence-corrected chi connectivity index (χ1v) is 11.8. The van der Waals surface area contributed by atoms with E-state index in [2.05, 4.69) is 30.9 Å². The number of carbonyl (C=O) groups excluding carboxylic acids is 3. The molecule has 4 aromatic rings. The Balaban J connectivity index is 1.78. The second-order valence-electron chi connectivity index (χ2n) is 7.91. The van der Waals surface area contributed by atoms with Crippen molar-refractivity contribution in [3.05, 3.63) is 54.5 Å². The van der Waals surface area contributed by atoms with Crippen LogP contribution in [0, 0.1) is 0 Å². The Kier molecular flexibility index (Phi) is 7.11. The van der Waals surface area contributed by atoms with E-state index in [-0.39, 0.29) is 24.1 Å². The molecule has 0 atom stereocenters. The molecule has 0 radical (unpaired) electrons. The summed E-state index contributed by atoms with van der Waals surface area (Å²) in [6, 6.07) is 11.0. The molecule has 0 saturated heterocycles. The largest absolute Gasteiger partial charge is 0.338 e. The number of aromatic nitrogens is 3. The van der Waals surface area contributed by atoms with Crippen LogP contribution in [0.3, 0.4) is 0 Å². The normalized spacial score (nSPS) is 10.7. The third-order valence-corrected chi connectivity index (χ3v) is 6.03. The Morgan fingerprint density at radius 1 is 0.914 bits per heavy atom. The number of hydrogen-bond donors (Lipinski definition) is 3. The van der Waals surface area contributed by atoms with E-state index in [1.807, 2.05) is 37.3 Å². The number of pyridine rings is 2. The molecule has 9 nitrogen and oxygen atoms in total. The van der Waals surface area contributed by atoms with Crippen LogP contribution in [0.5, 0.6) is 0 Å². The molecular formula is C25H24N6O3S. The van der Waals surface area contributed by atoms with Crippen LogP contribution in [-0.4, -0.2) is 39.2 Å². The van der Waals surface area contributed by atoms with Gasteiger partial charge in [0.2, 0.25) is 5.91 Å². The van der Waals surface area contributed by atoms with Crippen molar-refractivity contribution in [1.82, 2.24) is 20.3 Å². The third kappa shape index (κ3) is 5.85. The number of amides is 3. The fraction of sp³-hybridized carbons (Fsp3) is 0.200. The van der Waals surface area contributed by atoms with Crippen LogP contribution in [0.1, 0.15) is 26.5 Å². The summed E-state index contributed by atoms with van der Waals surface area (Å²) in [5.74, 6) is 0.319. The molecule has 0 saturated carbocycles. The summed E-state index contributed by atoms with van der Waals surface area (Å²) in [4.78, 5) is 48.2. The van der Waals surface area contributed by atoms with E-state index in [1.54, 1.807) is 18.5 Å². The highest BCUT2D eigenvalue weighted by Gasteiger charge is 2.15. The summed E-state index contributed by atoms with van der Waals surface area (Å²) in [6.45, 7) is 5.31. The fourth-order valence-corrected chi connectivity index (χ4v) is 4.51. The number of fused-ring (bicyclic) bond motifs is 1. The SMILES string of the molecule is CCNC(=O)Nc1nc2cc(-c3ccc(CC(C)=O)nc3)cc(-c3ccc(NC(C)=O)nc3)c2s1. The van der Waals surface area contributed by atoms with E-state index in [1.165, 1.54) is 25.2 Å². The minimum atomic E-state index is -0.320. The molecule has 4 rings (SSSR count). The van der Waals surface area contributed by atoms with Gasteiger partial charge in [0.1, 0.15) is 11.6 Å². The van der Waals surface area contributed by atoms with E-state index >= 15 is 0 Å². The Bertz CT molecular complexity index is 1400. The minimum Gasteiger partial charge on any atom is -0.338 e. The molecule has 0 fully saturated rings. The number of Topliss-reactive ketones (excluding diaryl/α,β-unsaturated/α-hetero) is 1. The fourth-order valence-electron chi connectivity index (χ4n) is 3.53. The summed E-state index contributed by atoms with van der Waals surface area (Å²) < 4.78 is 0.885. The number of ketones is 1. The maximum Gasteiger partial charge on any atom is 0.321 e. The number of urea groups is 1. The number of nitrogens with zero attached hydrogens (tertiary/aromatic N) is 3. The summed E-state index contributed by atoms with van der Waals surface area (Å²) in [6.07, 6.45) is 3.72. The number of thiazole rings is 1. The predicted molar refractivity (Wildman–Crippen MR) is 137 cm³/mol. The Hall–Kier alpha value is -4.18. The Morgan fingerprint density at radius 2 is 1.69 bits per heavy atom. The topological polar surface area (TPSA) is 126 Å². The highest BCUT2D eigenvalue weighted by atomic mass is 32.1. The average molecular weight is 489 g/mol. The van der Waals surface area contributed by atoms with Crippen LogP contribution in [0.15, 0.2) is 48.8 Å². The monoisotopic (exact) mass is 488 g/mol. The molecule has 178 valence electrons. The van der Waals surface area contributed by atoms with E-state index in [4.69, 9.17) is 0 Å². The molecule has 0 aliphatic heterocycles. The number of hydrogen-bond acceptors (Lipinski definition) is 7. The van der Waals surface area contributed by atoms with Gasteiger partial charge in [0.25, 0.3) is 0 Å². The molecule has 0 aliphatic rings. The van der Waals surface area contributed by atoms with Crippen molar-refractivity contribution in [1.29, 1.82) is 0 Å². The molecule has 0 bridgehead atoms. The molecule has 1 aromatic carbocycles. The van der Waals surface area contributed by atoms with Crippen LogP contribution in [0.2, 0.25) is 0 Å². The lowest BCUT2D eigenvalue weighted by atomic mass is 9.99. The number of rotatable bonds is 7. The molecule has 3 aromatic heterocycles. The first-order valence-electron chi connectivity index (χ1n) is 11.0. The molecule has 3 amide bonds. The predicted octanol–water partition coefficient (Wildman–Crippen LogP) is 4.65. The maximum absolute atomic E-state index is 12.0. The molecule has 3 heterocycles. The lowest BCUT2D eigenvalue weighted by Crippen LogP contribution is -2.28. The number of carbonyl (C=O) groups is 3. The van der Waals surface area contributed by atoms with Gasteiger partial charge in [0, 0.05) is 54.7 Å². The Labute approximate surface area is 206 Å². The summed E-state index contributed by atoms with van der Waals surface area (Å²) in [7, 11) is 0. The summed E-state index contributed by atoms with van der Waals surface area (Å²) in [5.41, 5.74) is 4.90. The molecular weight excluding hydrogens is 464 g/mol. The van der Waals surface area contributed by atoms with Crippen LogP contribution in [0.25, 0.3) is 32.5 Å². The molecule has 0 aliphatic carbocycles. The molecule has 3 N–H and O–H groups in total. The van der Waals surface area contributed by atoms with Gasteiger partial charge in [-0.3, -0.25) is 19.9 Å². The number of benzene rings is 1. The molecule has 0 spiro atoms. The van der Waals surface area contributed by atoms with E-state index in [0.29, 0.717) is 28.7 Å². The highest BCUT2D eigenvalue weighted by Crippen LogP contribution is 2.38. The average Bonchev–Trinajstić information content (AvgIpc) is 3.21. The van der Waals surface area contributed by atoms with Crippen LogP contribution < -0.4 is 16.0 Å². The zero-order valence-electron chi connectivity index (χ0n) is 19.5. The van der Waals surface area contributed by atoms with Crippen molar-refractivity contribution < 1.29 is 14.4 Å². The summed E-state index contributed by atoms with van der Waals surface area (Å²) >= 11 is 1.37. The first-order chi connectivity index (χ1) is 16.8. The molecule has 35 heavy (non-hydrogen) atoms. The third-order valence-electron chi connectivity index (χ3n) is 5.01. The number of nitrogens with one attached hydrogen (secondary N) is 3.